The molecule has 0 aliphatic carbocycles. The van der Waals surface area contributed by atoms with Crippen molar-refractivity contribution in [2.75, 3.05) is 44.3 Å². The highest BCUT2D eigenvalue weighted by atomic mass is 16.5. The molecule has 0 spiro atoms. The van der Waals surface area contributed by atoms with E-state index in [0.717, 1.165) is 13.1 Å². The summed E-state index contributed by atoms with van der Waals surface area (Å²) in [6, 6.07) is 8.20. The minimum atomic E-state index is -0.710. The van der Waals surface area contributed by atoms with E-state index in [1.807, 2.05) is 13.0 Å². The summed E-state index contributed by atoms with van der Waals surface area (Å²) >= 11 is 0. The normalized spacial score (nSPS) is 20.9. The van der Waals surface area contributed by atoms with Crippen molar-refractivity contribution in [3.63, 3.8) is 0 Å². The Hall–Kier alpha value is -2.25. The first-order valence-electron chi connectivity index (χ1n) is 9.63. The fraction of sp³-hybridized carbons (Fsp3) is 0.550. The standard InChI is InChI=1S/C20H27N3O4/c1-2-6-18(24)22(10-9-21-11-13-27-14-12-21)17-15-19(25)23(20(17)26)16-7-4-3-5-8-16/h3-5,7-8,17H,2,6,9-15H2,1H3. The Kier molecular flexibility index (Phi) is 6.58. The van der Waals surface area contributed by atoms with Gasteiger partial charge in [0.1, 0.15) is 6.04 Å². The molecule has 0 aromatic heterocycles. The Labute approximate surface area is 159 Å². The van der Waals surface area contributed by atoms with Gasteiger partial charge in [-0.25, -0.2) is 4.90 Å². The fourth-order valence-corrected chi connectivity index (χ4v) is 3.59. The SMILES string of the molecule is CCCC(=O)N(CCN1CCOCC1)C1CC(=O)N(c2ccccc2)C1=O. The molecule has 146 valence electrons. The number of amides is 3. The van der Waals surface area contributed by atoms with E-state index in [1.165, 1.54) is 4.90 Å². The summed E-state index contributed by atoms with van der Waals surface area (Å²) < 4.78 is 5.36. The number of benzene rings is 1. The van der Waals surface area contributed by atoms with Crippen LogP contribution in [-0.4, -0.2) is 73.0 Å². The molecule has 1 unspecified atom stereocenters. The minimum Gasteiger partial charge on any atom is -0.379 e. The maximum Gasteiger partial charge on any atom is 0.257 e. The summed E-state index contributed by atoms with van der Waals surface area (Å²) in [5.74, 6) is -0.624. The Bertz CT molecular complexity index is 673. The number of imide groups is 1. The number of ether oxygens (including phenoxy) is 1. The van der Waals surface area contributed by atoms with Crippen LogP contribution in [0.2, 0.25) is 0 Å². The molecule has 3 rings (SSSR count). The van der Waals surface area contributed by atoms with Gasteiger partial charge in [-0.15, -0.1) is 0 Å². The molecule has 2 saturated heterocycles. The van der Waals surface area contributed by atoms with Gasteiger partial charge in [-0.3, -0.25) is 19.3 Å². The average Bonchev–Trinajstić information content (AvgIpc) is 2.98. The largest absolute Gasteiger partial charge is 0.379 e. The number of rotatable bonds is 7. The number of morpholine rings is 1. The lowest BCUT2D eigenvalue weighted by Gasteiger charge is -2.32. The molecule has 0 saturated carbocycles. The van der Waals surface area contributed by atoms with Gasteiger partial charge in [0, 0.05) is 32.6 Å². The quantitative estimate of drug-likeness (QED) is 0.674. The number of para-hydroxylation sites is 1. The maximum atomic E-state index is 13.0. The molecule has 1 aromatic rings. The molecule has 2 heterocycles. The lowest BCUT2D eigenvalue weighted by Crippen LogP contribution is -2.49. The molecule has 1 aromatic carbocycles. The number of hydrogen-bond donors (Lipinski definition) is 0. The van der Waals surface area contributed by atoms with E-state index in [4.69, 9.17) is 4.74 Å². The van der Waals surface area contributed by atoms with E-state index < -0.39 is 6.04 Å². The smallest absolute Gasteiger partial charge is 0.257 e. The molecule has 7 nitrogen and oxygen atoms in total. The summed E-state index contributed by atoms with van der Waals surface area (Å²) in [6.45, 7) is 6.09. The van der Waals surface area contributed by atoms with Crippen LogP contribution in [0.1, 0.15) is 26.2 Å². The molecular weight excluding hydrogens is 346 g/mol. The first-order chi connectivity index (χ1) is 13.1. The Morgan fingerprint density at radius 2 is 1.89 bits per heavy atom. The van der Waals surface area contributed by atoms with Crippen molar-refractivity contribution in [1.82, 2.24) is 9.80 Å². The van der Waals surface area contributed by atoms with E-state index in [0.29, 0.717) is 44.8 Å². The second-order valence-corrected chi connectivity index (χ2v) is 6.91. The molecule has 3 amide bonds. The second kappa shape index (κ2) is 9.10. The van der Waals surface area contributed by atoms with Gasteiger partial charge in [-0.1, -0.05) is 25.1 Å². The van der Waals surface area contributed by atoms with E-state index >= 15 is 0 Å². The van der Waals surface area contributed by atoms with E-state index in [1.54, 1.807) is 29.2 Å². The van der Waals surface area contributed by atoms with Crippen molar-refractivity contribution < 1.29 is 19.1 Å². The summed E-state index contributed by atoms with van der Waals surface area (Å²) in [4.78, 5) is 43.3. The lowest BCUT2D eigenvalue weighted by molar-refractivity contribution is -0.138. The molecular formula is C20H27N3O4. The fourth-order valence-electron chi connectivity index (χ4n) is 3.59. The molecule has 7 heteroatoms. The van der Waals surface area contributed by atoms with Gasteiger partial charge in [-0.2, -0.15) is 0 Å². The van der Waals surface area contributed by atoms with Crippen LogP contribution in [0, 0.1) is 0 Å². The Morgan fingerprint density at radius 3 is 2.56 bits per heavy atom. The molecule has 1 atom stereocenters. The predicted molar refractivity (Wildman–Crippen MR) is 101 cm³/mol. The first-order valence-corrected chi connectivity index (χ1v) is 9.63. The molecule has 0 bridgehead atoms. The van der Waals surface area contributed by atoms with Crippen LogP contribution < -0.4 is 4.90 Å². The highest BCUT2D eigenvalue weighted by Crippen LogP contribution is 2.26. The monoisotopic (exact) mass is 373 g/mol. The summed E-state index contributed by atoms with van der Waals surface area (Å²) in [7, 11) is 0. The van der Waals surface area contributed by atoms with Gasteiger partial charge in [0.05, 0.1) is 25.3 Å². The van der Waals surface area contributed by atoms with Crippen LogP contribution in [0.4, 0.5) is 5.69 Å². The third-order valence-electron chi connectivity index (χ3n) is 5.06. The van der Waals surface area contributed by atoms with Crippen LogP contribution >= 0.6 is 0 Å². The first kappa shape index (κ1) is 19.5. The van der Waals surface area contributed by atoms with Crippen molar-refractivity contribution in [3.05, 3.63) is 30.3 Å². The van der Waals surface area contributed by atoms with E-state index in [-0.39, 0.29) is 24.1 Å². The summed E-state index contributed by atoms with van der Waals surface area (Å²) in [5, 5.41) is 0. The maximum absolute atomic E-state index is 13.0. The third kappa shape index (κ3) is 4.54. The number of nitrogens with zero attached hydrogens (tertiary/aromatic N) is 3. The van der Waals surface area contributed by atoms with Crippen molar-refractivity contribution >= 4 is 23.4 Å². The minimum absolute atomic E-state index is 0.0479. The van der Waals surface area contributed by atoms with Gasteiger partial charge >= 0.3 is 0 Å². The van der Waals surface area contributed by atoms with Crippen LogP contribution in [0.3, 0.4) is 0 Å². The molecule has 0 radical (unpaired) electrons. The van der Waals surface area contributed by atoms with Crippen LogP contribution in [-0.2, 0) is 19.1 Å². The highest BCUT2D eigenvalue weighted by Gasteiger charge is 2.44. The lowest BCUT2D eigenvalue weighted by atomic mass is 10.1. The van der Waals surface area contributed by atoms with Gasteiger partial charge in [0.25, 0.3) is 5.91 Å². The summed E-state index contributed by atoms with van der Waals surface area (Å²) in [5.41, 5.74) is 0.561. The van der Waals surface area contributed by atoms with Crippen molar-refractivity contribution in [1.29, 1.82) is 0 Å². The zero-order chi connectivity index (χ0) is 19.2. The number of carbonyl (C=O) groups excluding carboxylic acids is 3. The zero-order valence-electron chi connectivity index (χ0n) is 15.8. The van der Waals surface area contributed by atoms with Gasteiger partial charge in [-0.05, 0) is 18.6 Å². The van der Waals surface area contributed by atoms with Crippen LogP contribution in [0.15, 0.2) is 30.3 Å². The number of anilines is 1. The van der Waals surface area contributed by atoms with Crippen molar-refractivity contribution in [3.8, 4) is 0 Å². The third-order valence-corrected chi connectivity index (χ3v) is 5.06. The summed E-state index contributed by atoms with van der Waals surface area (Å²) in [6.07, 6.45) is 1.14. The van der Waals surface area contributed by atoms with Gasteiger partial charge in [0.15, 0.2) is 0 Å². The topological polar surface area (TPSA) is 70.2 Å². The predicted octanol–water partition coefficient (Wildman–Crippen LogP) is 1.28. The van der Waals surface area contributed by atoms with Crippen molar-refractivity contribution in [2.24, 2.45) is 0 Å². The van der Waals surface area contributed by atoms with Gasteiger partial charge < -0.3 is 9.64 Å². The molecule has 2 aliphatic rings. The molecule has 27 heavy (non-hydrogen) atoms. The number of carbonyl (C=O) groups is 3. The van der Waals surface area contributed by atoms with Crippen LogP contribution in [0.25, 0.3) is 0 Å². The van der Waals surface area contributed by atoms with E-state index in [9.17, 15) is 14.4 Å². The molecule has 2 aliphatic heterocycles. The van der Waals surface area contributed by atoms with Gasteiger partial charge in [0.2, 0.25) is 11.8 Å². The van der Waals surface area contributed by atoms with Crippen molar-refractivity contribution in [2.45, 2.75) is 32.2 Å². The molecule has 0 N–H and O–H groups in total. The second-order valence-electron chi connectivity index (χ2n) is 6.91. The van der Waals surface area contributed by atoms with Crippen LogP contribution in [0.5, 0.6) is 0 Å². The Balaban J connectivity index is 1.74. The number of hydrogen-bond acceptors (Lipinski definition) is 5. The zero-order valence-corrected chi connectivity index (χ0v) is 15.8. The molecule has 2 fully saturated rings. The Morgan fingerprint density at radius 1 is 1.19 bits per heavy atom. The highest BCUT2D eigenvalue weighted by molar-refractivity contribution is 6.23. The van der Waals surface area contributed by atoms with E-state index in [2.05, 4.69) is 4.90 Å². The average molecular weight is 373 g/mol.